The van der Waals surface area contributed by atoms with Gasteiger partial charge in [0.2, 0.25) is 0 Å². The van der Waals surface area contributed by atoms with Crippen molar-refractivity contribution in [2.75, 3.05) is 12.0 Å². The molecule has 0 saturated heterocycles. The monoisotopic (exact) mass is 240 g/mol. The van der Waals surface area contributed by atoms with Crippen molar-refractivity contribution in [2.45, 2.75) is 11.8 Å². The summed E-state index contributed by atoms with van der Waals surface area (Å²) in [5.74, 6) is 1.25. The zero-order valence-electron chi connectivity index (χ0n) is 8.59. The number of halogens is 4. The lowest BCUT2D eigenvalue weighted by Crippen LogP contribution is -2.02. The van der Waals surface area contributed by atoms with E-state index in [0.717, 1.165) is 0 Å². The van der Waals surface area contributed by atoms with Gasteiger partial charge in [-0.1, -0.05) is 18.2 Å². The lowest BCUT2D eigenvalue weighted by molar-refractivity contribution is 0.368. The molecular formula is C9H13BF4S. The molecule has 1 unspecified atom stereocenters. The summed E-state index contributed by atoms with van der Waals surface area (Å²) >= 11 is 0. The third-order valence-electron chi connectivity index (χ3n) is 1.58. The van der Waals surface area contributed by atoms with E-state index in [1.165, 1.54) is 10.6 Å². The third-order valence-corrected chi connectivity index (χ3v) is 3.52. The summed E-state index contributed by atoms with van der Waals surface area (Å²) in [6, 6.07) is 10.7. The first kappa shape index (κ1) is 14.4. The molecule has 0 aromatic heterocycles. The highest BCUT2D eigenvalue weighted by Crippen LogP contribution is 2.09. The number of hydrogen-bond acceptors (Lipinski definition) is 0. The van der Waals surface area contributed by atoms with Crippen molar-refractivity contribution in [1.29, 1.82) is 0 Å². The van der Waals surface area contributed by atoms with Gasteiger partial charge in [0.1, 0.15) is 12.0 Å². The molecule has 1 aromatic carbocycles. The summed E-state index contributed by atoms with van der Waals surface area (Å²) in [5.41, 5.74) is 0. The van der Waals surface area contributed by atoms with E-state index in [2.05, 4.69) is 43.5 Å². The first-order chi connectivity index (χ1) is 6.84. The van der Waals surface area contributed by atoms with Gasteiger partial charge in [0.15, 0.2) is 4.90 Å². The van der Waals surface area contributed by atoms with Gasteiger partial charge in [0.05, 0.1) is 0 Å². The van der Waals surface area contributed by atoms with Crippen LogP contribution in [0.3, 0.4) is 0 Å². The highest BCUT2D eigenvalue weighted by molar-refractivity contribution is 7.96. The summed E-state index contributed by atoms with van der Waals surface area (Å²) in [6.45, 7) is 2.23. The van der Waals surface area contributed by atoms with E-state index < -0.39 is 7.25 Å². The normalized spacial score (nSPS) is 12.7. The molecule has 0 radical (unpaired) electrons. The first-order valence-corrected chi connectivity index (χ1v) is 6.19. The van der Waals surface area contributed by atoms with Crippen LogP contribution in [0.5, 0.6) is 0 Å². The van der Waals surface area contributed by atoms with Crippen LogP contribution in [0.2, 0.25) is 0 Å². The molecule has 1 atom stereocenters. The minimum atomic E-state index is -6.00. The second kappa shape index (κ2) is 6.77. The number of rotatable bonds is 2. The predicted molar refractivity (Wildman–Crippen MR) is 58.7 cm³/mol. The molecule has 0 aliphatic carbocycles. The summed E-state index contributed by atoms with van der Waals surface area (Å²) < 4.78 is 39.0. The molecule has 1 aromatic rings. The van der Waals surface area contributed by atoms with Gasteiger partial charge in [-0.2, -0.15) is 0 Å². The Morgan fingerprint density at radius 2 is 1.47 bits per heavy atom. The largest absolute Gasteiger partial charge is 0.673 e. The standard InChI is InChI=1S/C9H13S.BF4/c1-3-10(2)9-7-5-4-6-8-9;2-1(3,4)5/h4-8H,3H2,1-2H3;/q+1;-1. The molecule has 86 valence electrons. The van der Waals surface area contributed by atoms with E-state index in [4.69, 9.17) is 0 Å². The van der Waals surface area contributed by atoms with Gasteiger partial charge in [-0.15, -0.1) is 0 Å². The molecule has 0 saturated carbocycles. The molecule has 6 heteroatoms. The van der Waals surface area contributed by atoms with Crippen LogP contribution in [0.25, 0.3) is 0 Å². The van der Waals surface area contributed by atoms with Crippen molar-refractivity contribution in [3.63, 3.8) is 0 Å². The molecule has 0 N–H and O–H groups in total. The van der Waals surface area contributed by atoms with Crippen molar-refractivity contribution in [3.05, 3.63) is 30.3 Å². The van der Waals surface area contributed by atoms with Crippen molar-refractivity contribution < 1.29 is 17.3 Å². The van der Waals surface area contributed by atoms with Crippen LogP contribution in [0.1, 0.15) is 6.92 Å². The first-order valence-electron chi connectivity index (χ1n) is 4.39. The fraction of sp³-hybridized carbons (Fsp3) is 0.333. The van der Waals surface area contributed by atoms with Crippen molar-refractivity contribution in [2.24, 2.45) is 0 Å². The van der Waals surface area contributed by atoms with Crippen LogP contribution < -0.4 is 0 Å². The van der Waals surface area contributed by atoms with E-state index in [-0.39, 0.29) is 0 Å². The van der Waals surface area contributed by atoms with E-state index in [9.17, 15) is 17.3 Å². The second-order valence-corrected chi connectivity index (χ2v) is 5.06. The minimum absolute atomic E-state index is 0.460. The van der Waals surface area contributed by atoms with Crippen LogP contribution in [0.4, 0.5) is 17.3 Å². The maximum atomic E-state index is 9.75. The Labute approximate surface area is 90.1 Å². The average molecular weight is 240 g/mol. The van der Waals surface area contributed by atoms with E-state index >= 15 is 0 Å². The maximum absolute atomic E-state index is 9.75. The Bertz CT molecular complexity index is 257. The number of hydrogen-bond donors (Lipinski definition) is 0. The minimum Gasteiger partial charge on any atom is -0.418 e. The highest BCUT2D eigenvalue weighted by atomic mass is 32.2. The van der Waals surface area contributed by atoms with Crippen molar-refractivity contribution in [1.82, 2.24) is 0 Å². The Kier molecular flexibility index (Phi) is 6.48. The molecular weight excluding hydrogens is 227 g/mol. The van der Waals surface area contributed by atoms with Crippen LogP contribution >= 0.6 is 0 Å². The Morgan fingerprint density at radius 3 is 1.80 bits per heavy atom. The Morgan fingerprint density at radius 1 is 1.07 bits per heavy atom. The van der Waals surface area contributed by atoms with Gasteiger partial charge in [0.25, 0.3) is 0 Å². The quantitative estimate of drug-likeness (QED) is 0.420. The maximum Gasteiger partial charge on any atom is 0.673 e. The van der Waals surface area contributed by atoms with Crippen molar-refractivity contribution in [3.8, 4) is 0 Å². The Balaban J connectivity index is 0.000000336. The molecule has 15 heavy (non-hydrogen) atoms. The molecule has 0 bridgehead atoms. The van der Waals surface area contributed by atoms with Gasteiger partial charge in [0, 0.05) is 10.9 Å². The average Bonchev–Trinajstić information content (AvgIpc) is 2.15. The lowest BCUT2D eigenvalue weighted by Gasteiger charge is -1.96. The van der Waals surface area contributed by atoms with Crippen LogP contribution in [-0.4, -0.2) is 19.3 Å². The van der Waals surface area contributed by atoms with Gasteiger partial charge >= 0.3 is 7.25 Å². The number of benzene rings is 1. The lowest BCUT2D eigenvalue weighted by atomic mass is 10.3. The van der Waals surface area contributed by atoms with Gasteiger partial charge < -0.3 is 17.3 Å². The Hall–Kier alpha value is -0.645. The molecule has 0 heterocycles. The molecule has 0 nitrogen and oxygen atoms in total. The zero-order chi connectivity index (χ0) is 11.9. The van der Waals surface area contributed by atoms with Crippen molar-refractivity contribution >= 4 is 18.1 Å². The fourth-order valence-corrected chi connectivity index (χ4v) is 1.77. The van der Waals surface area contributed by atoms with E-state index in [1.807, 2.05) is 0 Å². The van der Waals surface area contributed by atoms with Crippen LogP contribution in [0.15, 0.2) is 35.2 Å². The smallest absolute Gasteiger partial charge is 0.418 e. The van der Waals surface area contributed by atoms with Gasteiger partial charge in [-0.05, 0) is 19.1 Å². The molecule has 0 fully saturated rings. The van der Waals surface area contributed by atoms with Gasteiger partial charge in [-0.25, -0.2) is 0 Å². The summed E-state index contributed by atoms with van der Waals surface area (Å²) in [7, 11) is -5.54. The molecule has 0 aliphatic rings. The molecule has 0 spiro atoms. The van der Waals surface area contributed by atoms with E-state index in [1.54, 1.807) is 0 Å². The molecule has 1 rings (SSSR count). The zero-order valence-corrected chi connectivity index (χ0v) is 9.41. The second-order valence-electron chi connectivity index (χ2n) is 2.73. The summed E-state index contributed by atoms with van der Waals surface area (Å²) in [5, 5.41) is 0. The van der Waals surface area contributed by atoms with E-state index in [0.29, 0.717) is 10.9 Å². The molecule has 0 amide bonds. The molecule has 0 aliphatic heterocycles. The summed E-state index contributed by atoms with van der Waals surface area (Å²) in [6.07, 6.45) is 2.29. The topological polar surface area (TPSA) is 0 Å². The highest BCUT2D eigenvalue weighted by Gasteiger charge is 2.20. The fourth-order valence-electron chi connectivity index (χ4n) is 0.819. The third kappa shape index (κ3) is 9.65. The SMILES string of the molecule is CC[S+](C)c1ccccc1.F[B-](F)(F)F. The van der Waals surface area contributed by atoms with Gasteiger partial charge in [-0.3, -0.25) is 0 Å². The summed E-state index contributed by atoms with van der Waals surface area (Å²) in [4.78, 5) is 1.48. The predicted octanol–water partition coefficient (Wildman–Crippen LogP) is 3.61. The van der Waals surface area contributed by atoms with Crippen LogP contribution in [-0.2, 0) is 10.9 Å². The van der Waals surface area contributed by atoms with Crippen LogP contribution in [0, 0.1) is 0 Å².